The Kier molecular flexibility index (Phi) is 2.08. The molecule has 2 aromatic rings. The second-order valence-corrected chi connectivity index (χ2v) is 4.65. The van der Waals surface area contributed by atoms with Gasteiger partial charge in [-0.05, 0) is 40.0 Å². The van der Waals surface area contributed by atoms with Gasteiger partial charge in [-0.15, -0.1) is 0 Å². The second-order valence-electron chi connectivity index (χ2n) is 4.65. The number of hydrogen-bond donors (Lipinski definition) is 0. The molecule has 0 atom stereocenters. The van der Waals surface area contributed by atoms with Crippen LogP contribution in [0.3, 0.4) is 0 Å². The third kappa shape index (κ3) is 1.39. The summed E-state index contributed by atoms with van der Waals surface area (Å²) in [5.74, 6) is 0. The van der Waals surface area contributed by atoms with Crippen molar-refractivity contribution in [2.45, 2.75) is 0 Å². The van der Waals surface area contributed by atoms with Gasteiger partial charge in [0.2, 0.25) is 0 Å². The van der Waals surface area contributed by atoms with E-state index in [0.717, 1.165) is 5.57 Å². The molecule has 1 heteroatoms. The molecule has 0 bridgehead atoms. The molecule has 0 fully saturated rings. The topological polar surface area (TPSA) is 3.24 Å². The molecule has 2 aromatic carbocycles. The van der Waals surface area contributed by atoms with E-state index < -0.39 is 0 Å². The molecule has 0 N–H and O–H groups in total. The van der Waals surface area contributed by atoms with Gasteiger partial charge in [0.25, 0.3) is 0 Å². The molecular formula is C16H15N. The summed E-state index contributed by atoms with van der Waals surface area (Å²) in [5, 5.41) is 0. The minimum Gasteiger partial charge on any atom is -0.378 e. The fraction of sp³-hybridized carbons (Fsp3) is 0.125. The Morgan fingerprint density at radius 3 is 2.18 bits per heavy atom. The van der Waals surface area contributed by atoms with Crippen molar-refractivity contribution in [2.24, 2.45) is 0 Å². The van der Waals surface area contributed by atoms with E-state index in [-0.39, 0.29) is 0 Å². The summed E-state index contributed by atoms with van der Waals surface area (Å²) in [6, 6.07) is 15.0. The Morgan fingerprint density at radius 2 is 1.47 bits per heavy atom. The Bertz CT molecular complexity index is 609. The van der Waals surface area contributed by atoms with E-state index in [9.17, 15) is 0 Å². The van der Waals surface area contributed by atoms with Gasteiger partial charge in [-0.2, -0.15) is 0 Å². The molecule has 1 aliphatic rings. The predicted octanol–water partition coefficient (Wildman–Crippen LogP) is 3.79. The van der Waals surface area contributed by atoms with Crippen LogP contribution in [0.5, 0.6) is 0 Å². The second kappa shape index (κ2) is 3.49. The monoisotopic (exact) mass is 221 g/mol. The summed E-state index contributed by atoms with van der Waals surface area (Å²) in [7, 11) is 4.12. The number of anilines is 1. The van der Waals surface area contributed by atoms with Crippen molar-refractivity contribution in [3.63, 3.8) is 0 Å². The first-order valence-electron chi connectivity index (χ1n) is 5.79. The van der Waals surface area contributed by atoms with Crippen molar-refractivity contribution in [1.29, 1.82) is 0 Å². The summed E-state index contributed by atoms with van der Waals surface area (Å²) >= 11 is 0. The van der Waals surface area contributed by atoms with Gasteiger partial charge in [0, 0.05) is 19.8 Å². The van der Waals surface area contributed by atoms with Crippen LogP contribution in [-0.4, -0.2) is 14.1 Å². The minimum atomic E-state index is 1.14. The predicted molar refractivity (Wildman–Crippen MR) is 74.3 cm³/mol. The zero-order valence-corrected chi connectivity index (χ0v) is 10.2. The molecule has 17 heavy (non-hydrogen) atoms. The highest BCUT2D eigenvalue weighted by atomic mass is 15.1. The van der Waals surface area contributed by atoms with Gasteiger partial charge in [0.05, 0.1) is 0 Å². The molecule has 0 saturated carbocycles. The molecule has 0 unspecified atom stereocenters. The fourth-order valence-electron chi connectivity index (χ4n) is 2.42. The summed E-state index contributed by atoms with van der Waals surface area (Å²) < 4.78 is 0. The summed E-state index contributed by atoms with van der Waals surface area (Å²) in [6.45, 7) is 4.22. The maximum Gasteiger partial charge on any atom is 0.0367 e. The van der Waals surface area contributed by atoms with E-state index in [1.807, 2.05) is 0 Å². The highest BCUT2D eigenvalue weighted by Gasteiger charge is 2.21. The molecule has 1 aliphatic carbocycles. The van der Waals surface area contributed by atoms with Crippen molar-refractivity contribution in [3.8, 4) is 11.1 Å². The molecule has 0 amide bonds. The third-order valence-corrected chi connectivity index (χ3v) is 3.39. The zero-order valence-electron chi connectivity index (χ0n) is 10.2. The van der Waals surface area contributed by atoms with Crippen molar-refractivity contribution in [2.75, 3.05) is 19.0 Å². The van der Waals surface area contributed by atoms with Crippen molar-refractivity contribution >= 4 is 11.3 Å². The van der Waals surface area contributed by atoms with Crippen LogP contribution in [0, 0.1) is 0 Å². The maximum absolute atomic E-state index is 4.22. The van der Waals surface area contributed by atoms with Gasteiger partial charge >= 0.3 is 0 Å². The lowest BCUT2D eigenvalue weighted by Crippen LogP contribution is -2.08. The van der Waals surface area contributed by atoms with Gasteiger partial charge < -0.3 is 4.90 Å². The van der Waals surface area contributed by atoms with Crippen LogP contribution in [0.1, 0.15) is 11.1 Å². The van der Waals surface area contributed by atoms with Crippen LogP contribution >= 0.6 is 0 Å². The lowest BCUT2D eigenvalue weighted by Gasteiger charge is -2.14. The molecule has 1 nitrogen and oxygen atoms in total. The first-order valence-corrected chi connectivity index (χ1v) is 5.79. The van der Waals surface area contributed by atoms with E-state index >= 15 is 0 Å². The largest absolute Gasteiger partial charge is 0.378 e. The molecule has 0 spiro atoms. The normalized spacial score (nSPS) is 12.2. The summed E-state index contributed by atoms with van der Waals surface area (Å²) in [6.07, 6.45) is 0. The molecule has 0 heterocycles. The van der Waals surface area contributed by atoms with Crippen LogP contribution in [0.25, 0.3) is 16.7 Å². The number of benzene rings is 2. The minimum absolute atomic E-state index is 1.14. The quantitative estimate of drug-likeness (QED) is 0.604. The van der Waals surface area contributed by atoms with Crippen LogP contribution in [0.15, 0.2) is 49.0 Å². The Morgan fingerprint density at radius 1 is 0.824 bits per heavy atom. The Balaban J connectivity index is 2.24. The molecule has 0 aliphatic heterocycles. The maximum atomic E-state index is 4.22. The fourth-order valence-corrected chi connectivity index (χ4v) is 2.42. The van der Waals surface area contributed by atoms with Gasteiger partial charge in [0.1, 0.15) is 0 Å². The van der Waals surface area contributed by atoms with Crippen molar-refractivity contribution in [1.82, 2.24) is 0 Å². The first-order chi connectivity index (χ1) is 8.18. The average Bonchev–Trinajstić information content (AvgIpc) is 2.64. The molecule has 0 aromatic heterocycles. The number of nitrogens with zero attached hydrogens (tertiary/aromatic N) is 1. The summed E-state index contributed by atoms with van der Waals surface area (Å²) in [5.41, 5.74) is 7.49. The smallest absolute Gasteiger partial charge is 0.0367 e. The number of rotatable bonds is 1. The molecular weight excluding hydrogens is 206 g/mol. The van der Waals surface area contributed by atoms with Crippen LogP contribution in [0.2, 0.25) is 0 Å². The standard InChI is InChI=1S/C16H15N/c1-11-13-6-4-5-7-14(13)15-9-8-12(17(2)3)10-16(11)15/h4-10H,1H2,2-3H3. The van der Waals surface area contributed by atoms with Crippen molar-refractivity contribution < 1.29 is 0 Å². The highest BCUT2D eigenvalue weighted by Crippen LogP contribution is 2.44. The van der Waals surface area contributed by atoms with E-state index in [0.29, 0.717) is 0 Å². The third-order valence-electron chi connectivity index (χ3n) is 3.39. The van der Waals surface area contributed by atoms with Crippen LogP contribution < -0.4 is 4.90 Å². The molecule has 0 radical (unpaired) electrons. The molecule has 3 rings (SSSR count). The van der Waals surface area contributed by atoms with Crippen LogP contribution in [0.4, 0.5) is 5.69 Å². The summed E-state index contributed by atoms with van der Waals surface area (Å²) in [4.78, 5) is 2.12. The lowest BCUT2D eigenvalue weighted by atomic mass is 10.1. The molecule has 84 valence electrons. The van der Waals surface area contributed by atoms with E-state index in [1.165, 1.54) is 27.9 Å². The lowest BCUT2D eigenvalue weighted by molar-refractivity contribution is 1.13. The zero-order chi connectivity index (χ0) is 12.0. The Labute approximate surface area is 102 Å². The van der Waals surface area contributed by atoms with E-state index in [2.05, 4.69) is 68.0 Å². The van der Waals surface area contributed by atoms with Gasteiger partial charge in [-0.25, -0.2) is 0 Å². The van der Waals surface area contributed by atoms with Gasteiger partial charge in [-0.1, -0.05) is 36.9 Å². The van der Waals surface area contributed by atoms with Crippen molar-refractivity contribution in [3.05, 3.63) is 60.2 Å². The number of fused-ring (bicyclic) bond motifs is 3. The molecule has 0 saturated heterocycles. The van der Waals surface area contributed by atoms with Gasteiger partial charge in [-0.3, -0.25) is 0 Å². The van der Waals surface area contributed by atoms with Crippen LogP contribution in [-0.2, 0) is 0 Å². The SMILES string of the molecule is C=C1c2ccccc2-c2ccc(N(C)C)cc21. The first kappa shape index (κ1) is 10.2. The average molecular weight is 221 g/mol. The Hall–Kier alpha value is -2.02. The highest BCUT2D eigenvalue weighted by molar-refractivity contribution is 6.01. The van der Waals surface area contributed by atoms with E-state index in [1.54, 1.807) is 0 Å². The van der Waals surface area contributed by atoms with E-state index in [4.69, 9.17) is 0 Å². The van der Waals surface area contributed by atoms with Gasteiger partial charge in [0.15, 0.2) is 0 Å². The number of hydrogen-bond acceptors (Lipinski definition) is 1.